The normalized spacial score (nSPS) is 11.3. The zero-order chi connectivity index (χ0) is 30.9. The van der Waals surface area contributed by atoms with Crippen molar-refractivity contribution < 1.29 is 32.0 Å². The van der Waals surface area contributed by atoms with E-state index in [9.17, 15) is 22.6 Å². The maximum absolute atomic E-state index is 12.9. The van der Waals surface area contributed by atoms with Crippen LogP contribution < -0.4 is 0 Å². The molecule has 0 fully saturated rings. The summed E-state index contributed by atoms with van der Waals surface area (Å²) in [7, 11) is -4.76. The largest absolute Gasteiger partial charge is 0.462 e. The molecule has 238 valence electrons. The fraction of sp³-hybridized carbons (Fsp3) is 0.647. The van der Waals surface area contributed by atoms with E-state index in [4.69, 9.17) is 9.47 Å². The van der Waals surface area contributed by atoms with Crippen molar-refractivity contribution in [2.45, 2.75) is 133 Å². The Morgan fingerprint density at radius 3 is 1.40 bits per heavy atom. The van der Waals surface area contributed by atoms with Crippen LogP contribution >= 0.6 is 0 Å². The van der Waals surface area contributed by atoms with Crippen LogP contribution in [0.5, 0.6) is 0 Å². The number of unbranched alkanes of at least 4 members (excludes halogenated alkanes) is 18. The first kappa shape index (κ1) is 37.6. The molecule has 0 bridgehead atoms. The van der Waals surface area contributed by atoms with E-state index in [-0.39, 0.29) is 18.8 Å². The van der Waals surface area contributed by atoms with Gasteiger partial charge in [0.25, 0.3) is 10.1 Å². The first-order valence-electron chi connectivity index (χ1n) is 16.0. The predicted octanol–water partition coefficient (Wildman–Crippen LogP) is 9.42. The van der Waals surface area contributed by atoms with E-state index in [1.54, 1.807) is 0 Å². The van der Waals surface area contributed by atoms with Gasteiger partial charge in [-0.25, -0.2) is 9.59 Å². The zero-order valence-electron chi connectivity index (χ0n) is 25.7. The lowest BCUT2D eigenvalue weighted by molar-refractivity contribution is 0.0446. The molecule has 0 aliphatic heterocycles. The molecule has 0 aromatic heterocycles. The first-order valence-corrected chi connectivity index (χ1v) is 17.4. The van der Waals surface area contributed by atoms with Crippen molar-refractivity contribution in [1.82, 2.24) is 0 Å². The standard InChI is InChI=1S/C34H54O7S/c1-3-5-7-9-11-13-15-17-19-21-23-28-40-33(35)30-26-25-27-31(42(37,38)39)32(30)34(36)41-29-24-22-20-18-16-14-12-10-8-6-4-2/h3-4,25-27H,1-2,5-24,28-29H2,(H,37,38,39). The van der Waals surface area contributed by atoms with Crippen LogP contribution in [0.25, 0.3) is 0 Å². The fourth-order valence-corrected chi connectivity index (χ4v) is 5.56. The number of ether oxygens (including phenoxy) is 2. The highest BCUT2D eigenvalue weighted by molar-refractivity contribution is 7.86. The molecule has 1 aromatic carbocycles. The van der Waals surface area contributed by atoms with E-state index in [1.807, 2.05) is 12.2 Å². The molecule has 0 unspecified atom stereocenters. The molecule has 0 spiro atoms. The van der Waals surface area contributed by atoms with Crippen molar-refractivity contribution in [1.29, 1.82) is 0 Å². The molecule has 0 radical (unpaired) electrons. The smallest absolute Gasteiger partial charge is 0.340 e. The number of allylic oxidation sites excluding steroid dienone is 2. The summed E-state index contributed by atoms with van der Waals surface area (Å²) < 4.78 is 44.3. The molecule has 1 aromatic rings. The maximum Gasteiger partial charge on any atom is 0.340 e. The number of rotatable bonds is 27. The third kappa shape index (κ3) is 17.5. The lowest BCUT2D eigenvalue weighted by Crippen LogP contribution is -2.19. The van der Waals surface area contributed by atoms with Gasteiger partial charge in [-0.15, -0.1) is 13.2 Å². The second-order valence-electron chi connectivity index (χ2n) is 10.9. The molecular formula is C34H54O7S. The molecule has 0 atom stereocenters. The van der Waals surface area contributed by atoms with E-state index in [0.29, 0.717) is 12.8 Å². The number of hydrogen-bond donors (Lipinski definition) is 1. The van der Waals surface area contributed by atoms with Crippen molar-refractivity contribution in [3.63, 3.8) is 0 Å². The van der Waals surface area contributed by atoms with Crippen LogP contribution in [-0.4, -0.2) is 38.1 Å². The summed E-state index contributed by atoms with van der Waals surface area (Å²) in [5.74, 6) is -1.77. The predicted molar refractivity (Wildman–Crippen MR) is 170 cm³/mol. The quantitative estimate of drug-likeness (QED) is 0.0460. The van der Waals surface area contributed by atoms with Crippen molar-refractivity contribution in [3.8, 4) is 0 Å². The SMILES string of the molecule is C=CCCCCCCCCCCCOC(=O)c1cccc(S(=O)(=O)O)c1C(=O)OCCCCCCCCCCCC=C. The first-order chi connectivity index (χ1) is 20.3. The minimum atomic E-state index is -4.76. The molecule has 0 aliphatic rings. The van der Waals surface area contributed by atoms with Gasteiger partial charge in [-0.3, -0.25) is 4.55 Å². The Bertz CT molecular complexity index is 1020. The van der Waals surface area contributed by atoms with Gasteiger partial charge >= 0.3 is 11.9 Å². The van der Waals surface area contributed by atoms with E-state index < -0.39 is 32.5 Å². The molecule has 0 saturated carbocycles. The summed E-state index contributed by atoms with van der Waals surface area (Å²) in [6, 6.07) is 3.70. The minimum absolute atomic E-state index is 0.101. The maximum atomic E-state index is 12.9. The molecule has 7 nitrogen and oxygen atoms in total. The highest BCUT2D eigenvalue weighted by Gasteiger charge is 2.28. The molecule has 42 heavy (non-hydrogen) atoms. The molecule has 0 heterocycles. The summed E-state index contributed by atoms with van der Waals surface area (Å²) in [5, 5.41) is 0. The van der Waals surface area contributed by atoms with Crippen LogP contribution in [0.3, 0.4) is 0 Å². The second-order valence-corrected chi connectivity index (χ2v) is 12.3. The molecule has 8 heteroatoms. The van der Waals surface area contributed by atoms with Crippen LogP contribution in [0.4, 0.5) is 0 Å². The number of carbonyl (C=O) groups excluding carboxylic acids is 2. The molecule has 0 aliphatic carbocycles. The Balaban J connectivity index is 2.43. The minimum Gasteiger partial charge on any atom is -0.462 e. The third-order valence-electron chi connectivity index (χ3n) is 7.30. The van der Waals surface area contributed by atoms with Gasteiger partial charge in [0.15, 0.2) is 0 Å². The van der Waals surface area contributed by atoms with Crippen LogP contribution in [0, 0.1) is 0 Å². The average Bonchev–Trinajstić information content (AvgIpc) is 2.97. The molecule has 1 rings (SSSR count). The van der Waals surface area contributed by atoms with Crippen molar-refractivity contribution >= 4 is 22.1 Å². The van der Waals surface area contributed by atoms with E-state index in [1.165, 1.54) is 76.3 Å². The van der Waals surface area contributed by atoms with Gasteiger partial charge in [-0.1, -0.05) is 108 Å². The summed E-state index contributed by atoms with van der Waals surface area (Å²) in [5.41, 5.74) is -0.700. The summed E-state index contributed by atoms with van der Waals surface area (Å²) in [6.45, 7) is 7.75. The zero-order valence-corrected chi connectivity index (χ0v) is 26.5. The molecule has 0 amide bonds. The number of hydrogen-bond acceptors (Lipinski definition) is 6. The molecule has 1 N–H and O–H groups in total. The van der Waals surface area contributed by atoms with Crippen LogP contribution in [0.2, 0.25) is 0 Å². The topological polar surface area (TPSA) is 107 Å². The van der Waals surface area contributed by atoms with Gasteiger partial charge < -0.3 is 9.47 Å². The van der Waals surface area contributed by atoms with Crippen LogP contribution in [0.15, 0.2) is 48.4 Å². The summed E-state index contributed by atoms with van der Waals surface area (Å²) >= 11 is 0. The molecular weight excluding hydrogens is 552 g/mol. The summed E-state index contributed by atoms with van der Waals surface area (Å²) in [6.07, 6.45) is 25.7. The lowest BCUT2D eigenvalue weighted by Gasteiger charge is -2.13. The second kappa shape index (κ2) is 24.0. The Labute approximate surface area is 254 Å². The lowest BCUT2D eigenvalue weighted by atomic mass is 10.1. The highest BCUT2D eigenvalue weighted by atomic mass is 32.2. The van der Waals surface area contributed by atoms with Crippen LogP contribution in [0.1, 0.15) is 149 Å². The van der Waals surface area contributed by atoms with E-state index in [0.717, 1.165) is 57.4 Å². The Hall–Kier alpha value is -2.45. The average molecular weight is 607 g/mol. The molecule has 0 saturated heterocycles. The van der Waals surface area contributed by atoms with Crippen molar-refractivity contribution in [3.05, 3.63) is 54.6 Å². The van der Waals surface area contributed by atoms with Gasteiger partial charge in [0.1, 0.15) is 4.90 Å². The Kier molecular flexibility index (Phi) is 21.5. The van der Waals surface area contributed by atoms with Crippen LogP contribution in [-0.2, 0) is 19.6 Å². The number of esters is 2. The number of benzene rings is 1. The Morgan fingerprint density at radius 1 is 0.619 bits per heavy atom. The van der Waals surface area contributed by atoms with Gasteiger partial charge in [-0.2, -0.15) is 8.42 Å². The highest BCUT2D eigenvalue weighted by Crippen LogP contribution is 2.23. The van der Waals surface area contributed by atoms with Crippen molar-refractivity contribution in [2.24, 2.45) is 0 Å². The monoisotopic (exact) mass is 606 g/mol. The van der Waals surface area contributed by atoms with Crippen molar-refractivity contribution in [2.75, 3.05) is 13.2 Å². The van der Waals surface area contributed by atoms with E-state index in [2.05, 4.69) is 13.2 Å². The summed E-state index contributed by atoms with van der Waals surface area (Å²) in [4.78, 5) is 25.0. The van der Waals surface area contributed by atoms with E-state index >= 15 is 0 Å². The van der Waals surface area contributed by atoms with Gasteiger partial charge in [-0.05, 0) is 50.7 Å². The van der Waals surface area contributed by atoms with Gasteiger partial charge in [0.2, 0.25) is 0 Å². The fourth-order valence-electron chi connectivity index (χ4n) is 4.86. The Morgan fingerprint density at radius 2 is 1.00 bits per heavy atom. The van der Waals surface area contributed by atoms with Gasteiger partial charge in [0, 0.05) is 0 Å². The third-order valence-corrected chi connectivity index (χ3v) is 8.20. The van der Waals surface area contributed by atoms with Gasteiger partial charge in [0.05, 0.1) is 24.3 Å². The number of carbonyl (C=O) groups is 2.